The molecule has 2 nitrogen and oxygen atoms in total. The Kier molecular flexibility index (Phi) is 2.93. The molecule has 0 aliphatic carbocycles. The molecule has 0 N–H and O–H groups in total. The van der Waals surface area contributed by atoms with Crippen LogP contribution in [0.1, 0.15) is 25.3 Å². The molecular weight excluding hydrogens is 296 g/mol. The summed E-state index contributed by atoms with van der Waals surface area (Å²) >= 11 is 0. The Bertz CT molecular complexity index is 1190. The third-order valence-electron chi connectivity index (χ3n) is 4.85. The minimum Gasteiger partial charge on any atom is -0.456 e. The molecule has 0 fully saturated rings. The van der Waals surface area contributed by atoms with Gasteiger partial charge in [0, 0.05) is 27.6 Å². The number of benzene rings is 3. The van der Waals surface area contributed by atoms with Gasteiger partial charge in [-0.15, -0.1) is 0 Å². The molecule has 2 heterocycles. The highest BCUT2D eigenvalue weighted by Gasteiger charge is 2.13. The van der Waals surface area contributed by atoms with Crippen LogP contribution in [0.15, 0.2) is 63.4 Å². The van der Waals surface area contributed by atoms with Crippen molar-refractivity contribution in [1.29, 1.82) is 0 Å². The van der Waals surface area contributed by atoms with Crippen LogP contribution in [-0.2, 0) is 6.42 Å². The molecule has 0 radical (unpaired) electrons. The van der Waals surface area contributed by atoms with Gasteiger partial charge in [-0.1, -0.05) is 43.7 Å². The van der Waals surface area contributed by atoms with Crippen molar-refractivity contribution in [3.8, 4) is 0 Å². The van der Waals surface area contributed by atoms with Crippen molar-refractivity contribution in [3.63, 3.8) is 0 Å². The molecule has 118 valence electrons. The lowest BCUT2D eigenvalue weighted by Gasteiger charge is -1.98. The van der Waals surface area contributed by atoms with E-state index in [9.17, 15) is 0 Å². The molecule has 3 aromatic carbocycles. The zero-order valence-electron chi connectivity index (χ0n) is 13.6. The molecule has 5 rings (SSSR count). The molecule has 0 spiro atoms. The molecule has 0 unspecified atom stereocenters. The van der Waals surface area contributed by atoms with E-state index in [4.69, 9.17) is 8.83 Å². The molecule has 0 saturated carbocycles. The fourth-order valence-corrected chi connectivity index (χ4v) is 3.58. The summed E-state index contributed by atoms with van der Waals surface area (Å²) in [5, 5.41) is 4.64. The number of aryl methyl sites for hydroxylation is 1. The Hall–Kier alpha value is -2.74. The van der Waals surface area contributed by atoms with Crippen molar-refractivity contribution in [2.75, 3.05) is 0 Å². The fraction of sp³-hybridized carbons (Fsp3) is 0.182. The van der Waals surface area contributed by atoms with E-state index in [1.54, 1.807) is 0 Å². The van der Waals surface area contributed by atoms with Gasteiger partial charge in [-0.05, 0) is 36.6 Å². The normalized spacial score (nSPS) is 12.0. The van der Waals surface area contributed by atoms with Gasteiger partial charge in [0.25, 0.3) is 0 Å². The number of hydrogen-bond donors (Lipinski definition) is 0. The van der Waals surface area contributed by atoms with Gasteiger partial charge >= 0.3 is 0 Å². The Labute approximate surface area is 139 Å². The van der Waals surface area contributed by atoms with Gasteiger partial charge in [0.2, 0.25) is 0 Å². The summed E-state index contributed by atoms with van der Waals surface area (Å²) in [7, 11) is 0. The number of fused-ring (bicyclic) bond motifs is 6. The van der Waals surface area contributed by atoms with Crippen LogP contribution in [0.4, 0.5) is 0 Å². The maximum absolute atomic E-state index is 6.12. The van der Waals surface area contributed by atoms with Crippen LogP contribution in [0, 0.1) is 0 Å². The maximum atomic E-state index is 6.12. The second kappa shape index (κ2) is 5.13. The summed E-state index contributed by atoms with van der Waals surface area (Å²) in [4.78, 5) is 0. The summed E-state index contributed by atoms with van der Waals surface area (Å²) in [5.41, 5.74) is 5.01. The van der Waals surface area contributed by atoms with Gasteiger partial charge in [-0.3, -0.25) is 0 Å². The van der Waals surface area contributed by atoms with Gasteiger partial charge in [-0.2, -0.15) is 0 Å². The first kappa shape index (κ1) is 13.7. The van der Waals surface area contributed by atoms with Crippen LogP contribution in [0.2, 0.25) is 0 Å². The molecule has 24 heavy (non-hydrogen) atoms. The van der Waals surface area contributed by atoms with E-state index in [0.29, 0.717) is 0 Å². The first-order valence-electron chi connectivity index (χ1n) is 8.60. The van der Waals surface area contributed by atoms with E-state index >= 15 is 0 Å². The van der Waals surface area contributed by atoms with Gasteiger partial charge < -0.3 is 8.83 Å². The second-order valence-corrected chi connectivity index (χ2v) is 6.48. The molecule has 0 amide bonds. The van der Waals surface area contributed by atoms with E-state index in [2.05, 4.69) is 43.3 Å². The number of hydrogen-bond acceptors (Lipinski definition) is 2. The van der Waals surface area contributed by atoms with Crippen molar-refractivity contribution < 1.29 is 8.83 Å². The zero-order chi connectivity index (χ0) is 16.1. The third kappa shape index (κ3) is 1.96. The summed E-state index contributed by atoms with van der Waals surface area (Å²) in [6.45, 7) is 2.22. The first-order chi connectivity index (χ1) is 11.8. The average Bonchev–Trinajstić information content (AvgIpc) is 3.14. The zero-order valence-corrected chi connectivity index (χ0v) is 13.6. The third-order valence-corrected chi connectivity index (χ3v) is 4.85. The van der Waals surface area contributed by atoms with Crippen LogP contribution in [0.3, 0.4) is 0 Å². The predicted molar refractivity (Wildman–Crippen MR) is 99.6 cm³/mol. The van der Waals surface area contributed by atoms with Gasteiger partial charge in [-0.25, -0.2) is 0 Å². The quantitative estimate of drug-likeness (QED) is 0.365. The number of furan rings is 2. The van der Waals surface area contributed by atoms with Crippen LogP contribution >= 0.6 is 0 Å². The first-order valence-corrected chi connectivity index (χ1v) is 8.60. The Morgan fingerprint density at radius 3 is 2.21 bits per heavy atom. The van der Waals surface area contributed by atoms with Gasteiger partial charge in [0.05, 0.1) is 0 Å². The van der Waals surface area contributed by atoms with Gasteiger partial charge in [0.1, 0.15) is 22.3 Å². The lowest BCUT2D eigenvalue weighted by Crippen LogP contribution is -1.83. The number of para-hydroxylation sites is 1. The molecule has 2 aromatic heterocycles. The highest BCUT2D eigenvalue weighted by atomic mass is 16.3. The second-order valence-electron chi connectivity index (χ2n) is 6.48. The Morgan fingerprint density at radius 1 is 0.667 bits per heavy atom. The topological polar surface area (TPSA) is 26.3 Å². The summed E-state index contributed by atoms with van der Waals surface area (Å²) in [6, 6.07) is 19.0. The summed E-state index contributed by atoms with van der Waals surface area (Å²) in [5.74, 6) is 0. The number of unbranched alkanes of at least 4 members (excludes halogenated alkanes) is 1. The standard InChI is InChI=1S/C22H18O2/c1-2-3-6-14-9-10-16-18-12-17-15-7-4-5-8-19(15)23-21(17)13-22(18)24-20(16)11-14/h4-5,7-13H,2-3,6H2,1H3. The molecule has 0 bridgehead atoms. The lowest BCUT2D eigenvalue weighted by molar-refractivity contribution is 0.655. The van der Waals surface area contributed by atoms with E-state index in [1.165, 1.54) is 23.8 Å². The Balaban J connectivity index is 1.78. The highest BCUT2D eigenvalue weighted by molar-refractivity contribution is 6.15. The van der Waals surface area contributed by atoms with Crippen molar-refractivity contribution in [3.05, 3.63) is 60.2 Å². The van der Waals surface area contributed by atoms with Gasteiger partial charge in [0.15, 0.2) is 0 Å². The maximum Gasteiger partial charge on any atom is 0.139 e. The van der Waals surface area contributed by atoms with Crippen molar-refractivity contribution in [1.82, 2.24) is 0 Å². The monoisotopic (exact) mass is 314 g/mol. The Morgan fingerprint density at radius 2 is 1.38 bits per heavy atom. The molecule has 5 aromatic rings. The average molecular weight is 314 g/mol. The SMILES string of the molecule is CCCCc1ccc2c(c1)oc1cc3oc4ccccc4c3cc12. The smallest absolute Gasteiger partial charge is 0.139 e. The highest BCUT2D eigenvalue weighted by Crippen LogP contribution is 2.36. The molecule has 0 aliphatic heterocycles. The minimum absolute atomic E-state index is 0.883. The van der Waals surface area contributed by atoms with Crippen molar-refractivity contribution in [2.24, 2.45) is 0 Å². The largest absolute Gasteiger partial charge is 0.456 e. The lowest BCUT2D eigenvalue weighted by atomic mass is 10.0. The van der Waals surface area contributed by atoms with Crippen LogP contribution in [0.5, 0.6) is 0 Å². The van der Waals surface area contributed by atoms with Crippen LogP contribution in [0.25, 0.3) is 43.9 Å². The fourth-order valence-electron chi connectivity index (χ4n) is 3.58. The molecule has 0 atom stereocenters. The molecule has 0 saturated heterocycles. The molecule has 0 aliphatic rings. The van der Waals surface area contributed by atoms with Crippen molar-refractivity contribution in [2.45, 2.75) is 26.2 Å². The van der Waals surface area contributed by atoms with Crippen LogP contribution in [-0.4, -0.2) is 0 Å². The van der Waals surface area contributed by atoms with E-state index in [1.807, 2.05) is 18.2 Å². The summed E-state index contributed by atoms with van der Waals surface area (Å²) < 4.78 is 12.1. The minimum atomic E-state index is 0.883. The predicted octanol–water partition coefficient (Wildman–Crippen LogP) is 6.83. The number of rotatable bonds is 3. The molecule has 2 heteroatoms. The van der Waals surface area contributed by atoms with E-state index in [-0.39, 0.29) is 0 Å². The van der Waals surface area contributed by atoms with Crippen molar-refractivity contribution >= 4 is 43.9 Å². The van der Waals surface area contributed by atoms with Crippen LogP contribution < -0.4 is 0 Å². The summed E-state index contributed by atoms with van der Waals surface area (Å²) in [6.07, 6.45) is 3.53. The van der Waals surface area contributed by atoms with E-state index < -0.39 is 0 Å². The molecular formula is C22H18O2. The van der Waals surface area contributed by atoms with E-state index in [0.717, 1.165) is 44.9 Å².